The number of aromatic nitrogens is 1. The van der Waals surface area contributed by atoms with E-state index in [0.717, 1.165) is 15.6 Å². The summed E-state index contributed by atoms with van der Waals surface area (Å²) in [6.45, 7) is 4.03. The Morgan fingerprint density at radius 2 is 2.00 bits per heavy atom. The van der Waals surface area contributed by atoms with Crippen LogP contribution in [0.2, 0.25) is 0 Å². The van der Waals surface area contributed by atoms with Gasteiger partial charge in [-0.05, 0) is 36.1 Å². The molecule has 5 nitrogen and oxygen atoms in total. The Hall–Kier alpha value is -2.23. The van der Waals surface area contributed by atoms with E-state index in [1.54, 1.807) is 12.4 Å². The maximum Gasteiger partial charge on any atom is 0.250 e. The monoisotopic (exact) mass is 415 g/mol. The minimum atomic E-state index is -0.655. The number of hydrogen-bond donors (Lipinski definition) is 1. The van der Waals surface area contributed by atoms with Gasteiger partial charge >= 0.3 is 0 Å². The number of nitrogens with one attached hydrogen (secondary N) is 1. The SMILES string of the molecule is CC(C)CC(OC(c1ccc(Br)cc1)c1cccnc1)C(=O)NCC#N. The van der Waals surface area contributed by atoms with Crippen LogP contribution in [-0.2, 0) is 9.53 Å². The lowest BCUT2D eigenvalue weighted by molar-refractivity contribution is -0.136. The van der Waals surface area contributed by atoms with Crippen LogP contribution in [0, 0.1) is 17.2 Å². The molecule has 1 heterocycles. The van der Waals surface area contributed by atoms with Crippen molar-refractivity contribution in [3.8, 4) is 6.07 Å². The normalized spacial score (nSPS) is 13.0. The lowest BCUT2D eigenvalue weighted by Gasteiger charge is -2.26. The third kappa shape index (κ3) is 5.94. The number of carbonyl (C=O) groups is 1. The quantitative estimate of drug-likeness (QED) is 0.660. The molecule has 1 amide bonds. The van der Waals surface area contributed by atoms with E-state index in [1.165, 1.54) is 0 Å². The Balaban J connectivity index is 2.32. The van der Waals surface area contributed by atoms with E-state index in [9.17, 15) is 4.79 Å². The number of amides is 1. The van der Waals surface area contributed by atoms with Gasteiger partial charge in [0, 0.05) is 22.4 Å². The topological polar surface area (TPSA) is 75.0 Å². The van der Waals surface area contributed by atoms with E-state index < -0.39 is 12.2 Å². The number of halogens is 1. The van der Waals surface area contributed by atoms with Gasteiger partial charge in [0.05, 0.1) is 6.07 Å². The Labute approximate surface area is 162 Å². The molecule has 2 aromatic rings. The molecule has 0 radical (unpaired) electrons. The number of benzene rings is 1. The summed E-state index contributed by atoms with van der Waals surface area (Å²) in [5.74, 6) is -0.00134. The smallest absolute Gasteiger partial charge is 0.250 e. The minimum Gasteiger partial charge on any atom is -0.356 e. The number of ether oxygens (including phenoxy) is 1. The molecule has 26 heavy (non-hydrogen) atoms. The fourth-order valence-corrected chi connectivity index (χ4v) is 2.84. The molecule has 0 bridgehead atoms. The van der Waals surface area contributed by atoms with Crippen LogP contribution in [0.1, 0.15) is 37.5 Å². The summed E-state index contributed by atoms with van der Waals surface area (Å²) in [6.07, 6.45) is 2.93. The average molecular weight is 416 g/mol. The van der Waals surface area contributed by atoms with E-state index in [4.69, 9.17) is 10.00 Å². The maximum atomic E-state index is 12.5. The van der Waals surface area contributed by atoms with Crippen molar-refractivity contribution in [1.82, 2.24) is 10.3 Å². The standard InChI is InChI=1S/C20H22BrN3O2/c1-14(2)12-18(20(25)24-11-9-22)26-19(16-4-3-10-23-13-16)15-5-7-17(21)8-6-15/h3-8,10,13-14,18-19H,11-12H2,1-2H3,(H,24,25). The van der Waals surface area contributed by atoms with E-state index in [1.807, 2.05) is 56.3 Å². The van der Waals surface area contributed by atoms with Gasteiger partial charge in [-0.15, -0.1) is 0 Å². The van der Waals surface area contributed by atoms with Crippen molar-refractivity contribution in [3.05, 3.63) is 64.4 Å². The maximum absolute atomic E-state index is 12.5. The number of rotatable bonds is 8. The summed E-state index contributed by atoms with van der Waals surface area (Å²) in [4.78, 5) is 16.7. The van der Waals surface area contributed by atoms with Gasteiger partial charge < -0.3 is 10.1 Å². The zero-order valence-electron chi connectivity index (χ0n) is 14.9. The predicted octanol–water partition coefficient (Wildman–Crippen LogP) is 4.00. The van der Waals surface area contributed by atoms with Crippen LogP contribution < -0.4 is 5.32 Å². The van der Waals surface area contributed by atoms with E-state index in [-0.39, 0.29) is 18.4 Å². The van der Waals surface area contributed by atoms with Gasteiger partial charge in [0.15, 0.2) is 0 Å². The van der Waals surface area contributed by atoms with Crippen LogP contribution in [0.25, 0.3) is 0 Å². The molecule has 1 aromatic carbocycles. The lowest BCUT2D eigenvalue weighted by atomic mass is 10.0. The molecule has 0 fully saturated rings. The lowest BCUT2D eigenvalue weighted by Crippen LogP contribution is -2.38. The highest BCUT2D eigenvalue weighted by Crippen LogP contribution is 2.29. The Bertz CT molecular complexity index is 742. The summed E-state index contributed by atoms with van der Waals surface area (Å²) < 4.78 is 7.22. The highest BCUT2D eigenvalue weighted by Gasteiger charge is 2.26. The zero-order valence-corrected chi connectivity index (χ0v) is 16.4. The molecule has 2 unspecified atom stereocenters. The molecule has 0 aliphatic heterocycles. The first-order valence-corrected chi connectivity index (χ1v) is 9.26. The number of pyridine rings is 1. The Morgan fingerprint density at radius 3 is 2.58 bits per heavy atom. The number of hydrogen-bond acceptors (Lipinski definition) is 4. The number of nitrogens with zero attached hydrogens (tertiary/aromatic N) is 2. The molecular formula is C20H22BrN3O2. The van der Waals surface area contributed by atoms with Crippen LogP contribution in [0.4, 0.5) is 0 Å². The van der Waals surface area contributed by atoms with E-state index in [2.05, 4.69) is 26.2 Å². The largest absolute Gasteiger partial charge is 0.356 e. The Morgan fingerprint density at radius 1 is 1.27 bits per heavy atom. The van der Waals surface area contributed by atoms with Crippen molar-refractivity contribution in [1.29, 1.82) is 5.26 Å². The molecule has 6 heteroatoms. The second-order valence-electron chi connectivity index (χ2n) is 6.35. The van der Waals surface area contributed by atoms with E-state index >= 15 is 0 Å². The number of nitriles is 1. The molecule has 1 aromatic heterocycles. The first-order valence-electron chi connectivity index (χ1n) is 8.46. The van der Waals surface area contributed by atoms with Crippen molar-refractivity contribution in [2.45, 2.75) is 32.5 Å². The van der Waals surface area contributed by atoms with Crippen LogP contribution >= 0.6 is 15.9 Å². The van der Waals surface area contributed by atoms with Gasteiger partial charge in [-0.2, -0.15) is 5.26 Å². The van der Waals surface area contributed by atoms with Crippen molar-refractivity contribution in [2.24, 2.45) is 5.92 Å². The molecule has 0 saturated carbocycles. The molecule has 2 rings (SSSR count). The van der Waals surface area contributed by atoms with Crippen molar-refractivity contribution >= 4 is 21.8 Å². The minimum absolute atomic E-state index is 0.0351. The summed E-state index contributed by atoms with van der Waals surface area (Å²) in [7, 11) is 0. The van der Waals surface area contributed by atoms with Gasteiger partial charge in [0.2, 0.25) is 5.91 Å². The molecular weight excluding hydrogens is 394 g/mol. The molecule has 1 N–H and O–H groups in total. The second kappa shape index (κ2) is 10.0. The third-order valence-corrected chi connectivity index (χ3v) is 4.31. The highest BCUT2D eigenvalue weighted by molar-refractivity contribution is 9.10. The van der Waals surface area contributed by atoms with Crippen molar-refractivity contribution in [3.63, 3.8) is 0 Å². The van der Waals surface area contributed by atoms with Crippen LogP contribution in [0.5, 0.6) is 0 Å². The first-order chi connectivity index (χ1) is 12.5. The van der Waals surface area contributed by atoms with E-state index in [0.29, 0.717) is 6.42 Å². The Kier molecular flexibility index (Phi) is 7.76. The van der Waals surface area contributed by atoms with Gasteiger partial charge in [-0.3, -0.25) is 9.78 Å². The summed E-state index contributed by atoms with van der Waals surface area (Å²) >= 11 is 3.44. The highest BCUT2D eigenvalue weighted by atomic mass is 79.9. The van der Waals surface area contributed by atoms with Gasteiger partial charge in [0.1, 0.15) is 18.8 Å². The average Bonchev–Trinajstić information content (AvgIpc) is 2.64. The second-order valence-corrected chi connectivity index (χ2v) is 7.26. The molecule has 0 aliphatic rings. The fourth-order valence-electron chi connectivity index (χ4n) is 2.58. The fraction of sp³-hybridized carbons (Fsp3) is 0.350. The summed E-state index contributed by atoms with van der Waals surface area (Å²) in [6, 6.07) is 13.5. The van der Waals surface area contributed by atoms with Crippen molar-refractivity contribution < 1.29 is 9.53 Å². The van der Waals surface area contributed by atoms with Crippen molar-refractivity contribution in [2.75, 3.05) is 6.54 Å². The molecule has 2 atom stereocenters. The summed E-state index contributed by atoms with van der Waals surface area (Å²) in [5.41, 5.74) is 1.81. The van der Waals surface area contributed by atoms with Gasteiger partial charge in [-0.25, -0.2) is 0 Å². The van der Waals surface area contributed by atoms with Crippen LogP contribution in [-0.4, -0.2) is 23.5 Å². The number of carbonyl (C=O) groups excluding carboxylic acids is 1. The summed E-state index contributed by atoms with van der Waals surface area (Å²) in [5, 5.41) is 11.3. The third-order valence-electron chi connectivity index (χ3n) is 3.78. The van der Waals surface area contributed by atoms with Crippen LogP contribution in [0.3, 0.4) is 0 Å². The molecule has 0 saturated heterocycles. The zero-order chi connectivity index (χ0) is 18.9. The van der Waals surface area contributed by atoms with Crippen LogP contribution in [0.15, 0.2) is 53.3 Å². The van der Waals surface area contributed by atoms with Gasteiger partial charge in [0.25, 0.3) is 0 Å². The van der Waals surface area contributed by atoms with Gasteiger partial charge in [-0.1, -0.05) is 48.0 Å². The first kappa shape index (κ1) is 20.1. The molecule has 0 aliphatic carbocycles. The predicted molar refractivity (Wildman–Crippen MR) is 103 cm³/mol. The molecule has 0 spiro atoms. The molecule has 136 valence electrons.